The minimum absolute atomic E-state index is 0.0381. The number of aliphatic hydroxyl groups is 4. The molecule has 1 aliphatic carbocycles. The van der Waals surface area contributed by atoms with Gasteiger partial charge in [0.25, 0.3) is 16.7 Å². The van der Waals surface area contributed by atoms with E-state index in [0.29, 0.717) is 82.3 Å². The highest BCUT2D eigenvalue weighted by Gasteiger charge is 2.44. The van der Waals surface area contributed by atoms with Crippen LogP contribution < -0.4 is 22.0 Å². The summed E-state index contributed by atoms with van der Waals surface area (Å²) in [4.78, 5) is 51.6. The lowest BCUT2D eigenvalue weighted by molar-refractivity contribution is -0.301. The molecular weight excluding hydrogens is 748 g/mol. The van der Waals surface area contributed by atoms with Gasteiger partial charge in [0.05, 0.1) is 75.2 Å². The fourth-order valence-corrected chi connectivity index (χ4v) is 7.88. The number of ether oxygens (including phenoxy) is 4. The molecule has 3 saturated heterocycles. The van der Waals surface area contributed by atoms with Gasteiger partial charge in [-0.15, -0.1) is 5.10 Å². The number of hydrogen-bond donors (Lipinski definition) is 5. The Balaban J connectivity index is 1.13. The fourth-order valence-electron chi connectivity index (χ4n) is 7.88. The van der Waals surface area contributed by atoms with Gasteiger partial charge in [-0.05, 0) is 18.2 Å². The number of aliphatic hydroxyl groups excluding tert-OH is 4. The Kier molecular flexibility index (Phi) is 11.6. The second-order valence-corrected chi connectivity index (χ2v) is 14.5. The van der Waals surface area contributed by atoms with Crippen LogP contribution in [0.4, 0.5) is 0 Å². The molecule has 2 aromatic heterocycles. The van der Waals surface area contributed by atoms with Crippen molar-refractivity contribution < 1.29 is 44.5 Å². The molecule has 0 unspecified atom stereocenters. The van der Waals surface area contributed by atoms with Crippen LogP contribution in [-0.2, 0) is 45.1 Å². The van der Waals surface area contributed by atoms with Crippen LogP contribution in [0.25, 0.3) is 32.7 Å². The van der Waals surface area contributed by atoms with Crippen LogP contribution in [-0.4, -0.2) is 169 Å². The highest BCUT2D eigenvalue weighted by atomic mass is 16.7. The Morgan fingerprint density at radius 1 is 0.789 bits per heavy atom. The van der Waals surface area contributed by atoms with Gasteiger partial charge in [0, 0.05) is 74.1 Å². The van der Waals surface area contributed by atoms with E-state index in [4.69, 9.17) is 23.9 Å². The van der Waals surface area contributed by atoms with Crippen LogP contribution in [0.15, 0.2) is 43.8 Å². The van der Waals surface area contributed by atoms with Crippen molar-refractivity contribution >= 4 is 21.5 Å². The number of pyridine rings is 2. The highest BCUT2D eigenvalue weighted by Crippen LogP contribution is 2.36. The second kappa shape index (κ2) is 16.8. The Bertz CT molecular complexity index is 2390. The molecule has 0 saturated carbocycles. The number of nitrogens with zero attached hydrogens (tertiary/aromatic N) is 8. The summed E-state index contributed by atoms with van der Waals surface area (Å²) in [6, 6.07) is 4.76. The molecule has 20 heteroatoms. The molecule has 5 N–H and O–H groups in total. The third-order valence-corrected chi connectivity index (χ3v) is 11.1. The van der Waals surface area contributed by atoms with Gasteiger partial charge < -0.3 is 44.5 Å². The van der Waals surface area contributed by atoms with Gasteiger partial charge >= 0.3 is 0 Å². The molecule has 6 heterocycles. The fraction of sp³-hybridized carbons (Fsp3) is 0.568. The van der Waals surface area contributed by atoms with E-state index in [1.807, 2.05) is 0 Å². The molecule has 0 bridgehead atoms. The Morgan fingerprint density at radius 3 is 2.14 bits per heavy atom. The summed E-state index contributed by atoms with van der Waals surface area (Å²) in [5.74, 6) is -0.265. The maximum absolute atomic E-state index is 14.4. The lowest BCUT2D eigenvalue weighted by Gasteiger charge is -2.39. The molecule has 20 nitrogen and oxygen atoms in total. The van der Waals surface area contributed by atoms with Crippen molar-refractivity contribution in [2.75, 3.05) is 78.9 Å². The number of rotatable bonds is 13. The Hall–Kier alpha value is -4.48. The van der Waals surface area contributed by atoms with Gasteiger partial charge in [-0.1, -0.05) is 5.21 Å². The summed E-state index contributed by atoms with van der Waals surface area (Å²) < 4.78 is 25.9. The van der Waals surface area contributed by atoms with Crippen LogP contribution in [0, 0.1) is 0 Å². The maximum Gasteiger partial charge on any atom is 0.263 e. The van der Waals surface area contributed by atoms with Crippen molar-refractivity contribution in [2.45, 2.75) is 56.9 Å². The molecule has 0 amide bonds. The number of aromatic nitrogens is 5. The molecule has 3 fully saturated rings. The van der Waals surface area contributed by atoms with Crippen LogP contribution in [0.5, 0.6) is 5.88 Å². The highest BCUT2D eigenvalue weighted by molar-refractivity contribution is 6.15. The van der Waals surface area contributed by atoms with Gasteiger partial charge in [-0.3, -0.25) is 38.3 Å². The molecule has 0 radical (unpaired) electrons. The van der Waals surface area contributed by atoms with E-state index >= 15 is 0 Å². The number of benzene rings is 2. The zero-order valence-electron chi connectivity index (χ0n) is 31.2. The van der Waals surface area contributed by atoms with Crippen molar-refractivity contribution in [2.24, 2.45) is 4.99 Å². The summed E-state index contributed by atoms with van der Waals surface area (Å²) in [5, 5.41) is 60.9. The molecule has 4 aliphatic heterocycles. The van der Waals surface area contributed by atoms with Crippen molar-refractivity contribution in [1.82, 2.24) is 33.9 Å². The van der Waals surface area contributed by atoms with Crippen molar-refractivity contribution in [3.8, 4) is 17.0 Å². The summed E-state index contributed by atoms with van der Waals surface area (Å²) in [6.07, 6.45) is -5.42. The zero-order chi connectivity index (χ0) is 39.8. The average Bonchev–Trinajstić information content (AvgIpc) is 3.69. The van der Waals surface area contributed by atoms with E-state index in [0.717, 1.165) is 0 Å². The topological polar surface area (TPSA) is 249 Å². The van der Waals surface area contributed by atoms with Crippen LogP contribution in [0.2, 0.25) is 0 Å². The van der Waals surface area contributed by atoms with E-state index in [1.165, 1.54) is 13.8 Å². The lowest BCUT2D eigenvalue weighted by atomic mass is 9.90. The average molecular weight is 795 g/mol. The van der Waals surface area contributed by atoms with E-state index < -0.39 is 54.0 Å². The van der Waals surface area contributed by atoms with Crippen LogP contribution in [0.3, 0.4) is 0 Å². The Labute approximate surface area is 323 Å². The Morgan fingerprint density at radius 2 is 1.46 bits per heavy atom. The van der Waals surface area contributed by atoms with E-state index in [9.17, 15) is 39.9 Å². The van der Waals surface area contributed by atoms with Gasteiger partial charge in [-0.2, -0.15) is 0 Å². The SMILES string of the molecule is O=c1c2c(=NCc3cn(CCO[C@@H]4O[C@H](CO)[C@H](O)[C@H](O)[C@H]4O)nn3)cc3c(=O)n(CCN4CCOCC4)c(=O)c4ccc(c(O)n1CCN1CCOCC1)c2c4-3. The zero-order valence-corrected chi connectivity index (χ0v) is 31.2. The van der Waals surface area contributed by atoms with Crippen molar-refractivity contribution in [3.05, 3.63) is 66.5 Å². The second-order valence-electron chi connectivity index (χ2n) is 14.5. The third-order valence-electron chi connectivity index (χ3n) is 11.1. The van der Waals surface area contributed by atoms with Gasteiger partial charge in [0.1, 0.15) is 30.1 Å². The maximum atomic E-state index is 14.4. The number of hydrogen-bond acceptors (Lipinski definition) is 17. The number of morpholine rings is 2. The molecule has 8 rings (SSSR count). The van der Waals surface area contributed by atoms with E-state index in [1.54, 1.807) is 24.4 Å². The summed E-state index contributed by atoms with van der Waals surface area (Å²) in [7, 11) is 0. The standard InChI is InChI=1S/C37H46N8O12/c46-20-26-30(47)31(48)32(49)37(57-26)56-16-11-43-19-21(39-40-43)18-38-25-17-24-27-22(33(50)44(35(24)52)5-3-41-7-12-54-13-8-41)1-2-23-28(27)29(25)36(53)45(34(23)51)6-4-42-9-14-55-15-10-42/h1-2,17,19,26,30-32,37,46-49,51H,3-16,18,20H2/t26-,30+,31+,32-,37-/m1/s1. The summed E-state index contributed by atoms with van der Waals surface area (Å²) in [6.45, 7) is 5.81. The molecule has 306 valence electrons. The third kappa shape index (κ3) is 7.65. The van der Waals surface area contributed by atoms with Gasteiger partial charge in [-0.25, -0.2) is 4.68 Å². The molecule has 5 atom stereocenters. The van der Waals surface area contributed by atoms with Crippen LogP contribution >= 0.6 is 0 Å². The van der Waals surface area contributed by atoms with Crippen molar-refractivity contribution in [1.29, 1.82) is 0 Å². The molecule has 3 aromatic rings. The monoisotopic (exact) mass is 794 g/mol. The minimum atomic E-state index is -1.57. The number of aromatic hydroxyl groups is 1. The minimum Gasteiger partial charge on any atom is -0.494 e. The summed E-state index contributed by atoms with van der Waals surface area (Å²) >= 11 is 0. The predicted molar refractivity (Wildman–Crippen MR) is 200 cm³/mol. The smallest absolute Gasteiger partial charge is 0.263 e. The first kappa shape index (κ1) is 39.4. The quantitative estimate of drug-likeness (QED) is 0.0727. The van der Waals surface area contributed by atoms with Gasteiger partial charge in [0.2, 0.25) is 5.88 Å². The predicted octanol–water partition coefficient (Wildman–Crippen LogP) is -3.46. The molecular formula is C37H46N8O12. The van der Waals surface area contributed by atoms with Crippen molar-refractivity contribution in [3.63, 3.8) is 0 Å². The van der Waals surface area contributed by atoms with Gasteiger partial charge in [0.15, 0.2) is 6.29 Å². The summed E-state index contributed by atoms with van der Waals surface area (Å²) in [5.41, 5.74) is -0.600. The first-order chi connectivity index (χ1) is 27.6. The first-order valence-corrected chi connectivity index (χ1v) is 19.1. The van der Waals surface area contributed by atoms with E-state index in [2.05, 4.69) is 20.1 Å². The molecule has 0 spiro atoms. The largest absolute Gasteiger partial charge is 0.494 e. The van der Waals surface area contributed by atoms with Crippen LogP contribution in [0.1, 0.15) is 5.69 Å². The first-order valence-electron chi connectivity index (χ1n) is 19.1. The molecule has 5 aliphatic rings. The molecule has 57 heavy (non-hydrogen) atoms. The lowest BCUT2D eigenvalue weighted by Crippen LogP contribution is -2.59. The molecule has 1 aromatic carbocycles. The normalized spacial score (nSPS) is 24.4. The van der Waals surface area contributed by atoms with E-state index in [-0.39, 0.29) is 65.7 Å².